The highest BCUT2D eigenvalue weighted by molar-refractivity contribution is 5.89. The molecule has 1 aromatic rings. The van der Waals surface area contributed by atoms with Gasteiger partial charge < -0.3 is 10.2 Å². The maximum Gasteiger partial charge on any atom is 0.342 e. The normalized spacial score (nSPS) is 9.20. The minimum Gasteiger partial charge on any atom is -0.493 e. The van der Waals surface area contributed by atoms with Crippen molar-refractivity contribution in [2.75, 3.05) is 0 Å². The molecule has 10 heavy (non-hydrogen) atoms. The Morgan fingerprint density at radius 2 is 2.40 bits per heavy atom. The van der Waals surface area contributed by atoms with Crippen LogP contribution in [0.2, 0.25) is 0 Å². The molecule has 0 fully saturated rings. The predicted molar refractivity (Wildman–Crippen MR) is 29.5 cm³/mol. The lowest BCUT2D eigenvalue weighted by Gasteiger charge is -1.92. The summed E-state index contributed by atoms with van der Waals surface area (Å²) in [6.45, 7) is 0. The van der Waals surface area contributed by atoms with E-state index in [0.717, 1.165) is 6.20 Å². The maximum atomic E-state index is 10.2. The van der Waals surface area contributed by atoms with E-state index < -0.39 is 11.8 Å². The van der Waals surface area contributed by atoms with E-state index in [1.165, 1.54) is 0 Å². The highest BCUT2D eigenvalue weighted by Gasteiger charge is 2.08. The summed E-state index contributed by atoms with van der Waals surface area (Å²) < 4.78 is 0. The zero-order chi connectivity index (χ0) is 7.56. The Kier molecular flexibility index (Phi) is 1.49. The van der Waals surface area contributed by atoms with Gasteiger partial charge in [-0.3, -0.25) is 0 Å². The van der Waals surface area contributed by atoms with Crippen LogP contribution < -0.4 is 0 Å². The topological polar surface area (TPSA) is 83.3 Å². The Morgan fingerprint density at radius 3 is 2.80 bits per heavy atom. The molecule has 0 saturated carbocycles. The summed E-state index contributed by atoms with van der Waals surface area (Å²) in [7, 11) is 0. The van der Waals surface area contributed by atoms with E-state index in [4.69, 9.17) is 10.2 Å². The molecule has 0 unspecified atom stereocenters. The summed E-state index contributed by atoms with van der Waals surface area (Å²) in [6.07, 6.45) is 3.02. The van der Waals surface area contributed by atoms with E-state index >= 15 is 0 Å². The second kappa shape index (κ2) is 2.30. The van der Waals surface area contributed by atoms with Gasteiger partial charge in [-0.05, 0) is 0 Å². The van der Waals surface area contributed by atoms with Crippen molar-refractivity contribution < 1.29 is 15.0 Å². The van der Waals surface area contributed by atoms with Gasteiger partial charge in [0.2, 0.25) is 12.2 Å². The Balaban J connectivity index is 3.15. The van der Waals surface area contributed by atoms with Gasteiger partial charge >= 0.3 is 5.97 Å². The number of aromatic nitrogens is 2. The Bertz CT molecular complexity index is 261. The SMILES string of the molecule is O=C(O)c1cn[c]nc1O. The summed E-state index contributed by atoms with van der Waals surface area (Å²) in [6, 6.07) is 0. The van der Waals surface area contributed by atoms with Gasteiger partial charge in [0.15, 0.2) is 0 Å². The van der Waals surface area contributed by atoms with Crippen molar-refractivity contribution in [2.24, 2.45) is 0 Å². The molecule has 0 amide bonds. The van der Waals surface area contributed by atoms with Gasteiger partial charge in [-0.1, -0.05) is 0 Å². The lowest BCUT2D eigenvalue weighted by molar-refractivity contribution is 0.0692. The van der Waals surface area contributed by atoms with Crippen LogP contribution in [0.25, 0.3) is 0 Å². The van der Waals surface area contributed by atoms with Gasteiger partial charge in [-0.25, -0.2) is 9.78 Å². The predicted octanol–water partition coefficient (Wildman–Crippen LogP) is -0.319. The minimum atomic E-state index is -1.26. The Hall–Kier alpha value is -1.65. The molecule has 1 aromatic heterocycles. The molecule has 1 rings (SSSR count). The first kappa shape index (κ1) is 6.47. The Labute approximate surface area is 56.0 Å². The number of nitrogens with zero attached hydrogens (tertiary/aromatic N) is 2. The molecule has 5 nitrogen and oxygen atoms in total. The molecule has 0 aliphatic carbocycles. The van der Waals surface area contributed by atoms with E-state index in [0.29, 0.717) is 0 Å². The molecular weight excluding hydrogens is 136 g/mol. The number of aromatic carboxylic acids is 1. The lowest BCUT2D eigenvalue weighted by Crippen LogP contribution is -1.98. The highest BCUT2D eigenvalue weighted by Crippen LogP contribution is 2.08. The van der Waals surface area contributed by atoms with E-state index in [2.05, 4.69) is 9.97 Å². The van der Waals surface area contributed by atoms with Crippen LogP contribution in [0.1, 0.15) is 10.4 Å². The largest absolute Gasteiger partial charge is 0.493 e. The van der Waals surface area contributed by atoms with E-state index in [9.17, 15) is 4.79 Å². The van der Waals surface area contributed by atoms with Gasteiger partial charge in [0.1, 0.15) is 5.56 Å². The third-order valence-electron chi connectivity index (χ3n) is 0.879. The molecule has 5 heteroatoms. The third-order valence-corrected chi connectivity index (χ3v) is 0.879. The molecule has 51 valence electrons. The monoisotopic (exact) mass is 139 g/mol. The molecule has 0 bridgehead atoms. The van der Waals surface area contributed by atoms with Gasteiger partial charge in [-0.2, -0.15) is 4.98 Å². The number of aromatic hydroxyl groups is 1. The summed E-state index contributed by atoms with van der Waals surface area (Å²) in [5, 5.41) is 17.0. The fraction of sp³-hybridized carbons (Fsp3) is 0. The fourth-order valence-electron chi connectivity index (χ4n) is 0.438. The van der Waals surface area contributed by atoms with Crippen LogP contribution >= 0.6 is 0 Å². The number of carboxylic acids is 1. The molecule has 1 radical (unpaired) electrons. The summed E-state index contributed by atoms with van der Waals surface area (Å²) in [5.41, 5.74) is -0.321. The fourth-order valence-corrected chi connectivity index (χ4v) is 0.438. The van der Waals surface area contributed by atoms with Gasteiger partial charge in [0.25, 0.3) is 0 Å². The van der Waals surface area contributed by atoms with Gasteiger partial charge in [0.05, 0.1) is 0 Å². The molecule has 0 saturated heterocycles. The van der Waals surface area contributed by atoms with Crippen LogP contribution in [0, 0.1) is 6.33 Å². The molecule has 0 aliphatic heterocycles. The first-order valence-electron chi connectivity index (χ1n) is 2.37. The van der Waals surface area contributed by atoms with Crippen molar-refractivity contribution in [2.45, 2.75) is 0 Å². The van der Waals surface area contributed by atoms with Gasteiger partial charge in [-0.15, -0.1) is 0 Å². The van der Waals surface area contributed by atoms with Crippen molar-refractivity contribution in [3.05, 3.63) is 18.1 Å². The van der Waals surface area contributed by atoms with E-state index in [-0.39, 0.29) is 5.56 Å². The molecule has 0 atom stereocenters. The zero-order valence-corrected chi connectivity index (χ0v) is 4.77. The van der Waals surface area contributed by atoms with Crippen LogP contribution in [0.15, 0.2) is 6.20 Å². The quantitative estimate of drug-likeness (QED) is 0.557. The second-order valence-corrected chi connectivity index (χ2v) is 1.51. The first-order valence-corrected chi connectivity index (χ1v) is 2.37. The lowest BCUT2D eigenvalue weighted by atomic mass is 10.3. The van der Waals surface area contributed by atoms with E-state index in [1.54, 1.807) is 0 Å². The number of carbonyl (C=O) groups is 1. The number of carboxylic acid groups (broad SMARTS) is 1. The van der Waals surface area contributed by atoms with Gasteiger partial charge in [0, 0.05) is 6.20 Å². The zero-order valence-electron chi connectivity index (χ0n) is 4.77. The average molecular weight is 139 g/mol. The van der Waals surface area contributed by atoms with Crippen molar-refractivity contribution >= 4 is 5.97 Å². The Morgan fingerprint density at radius 1 is 1.70 bits per heavy atom. The second-order valence-electron chi connectivity index (χ2n) is 1.51. The highest BCUT2D eigenvalue weighted by atomic mass is 16.4. The molecule has 0 aromatic carbocycles. The summed E-state index contributed by atoms with van der Waals surface area (Å²) in [5.74, 6) is -1.82. The van der Waals surface area contributed by atoms with Crippen LogP contribution in [-0.2, 0) is 0 Å². The standard InChI is InChI=1S/C5H3N2O3/c8-4-3(5(9)10)1-6-2-7-4/h1H,(H,9,10)(H,6,7,8). The van der Waals surface area contributed by atoms with Crippen LogP contribution in [-0.4, -0.2) is 26.2 Å². The number of rotatable bonds is 1. The van der Waals surface area contributed by atoms with Crippen molar-refractivity contribution in [3.8, 4) is 5.88 Å². The van der Waals surface area contributed by atoms with E-state index in [1.807, 2.05) is 6.33 Å². The summed E-state index contributed by atoms with van der Waals surface area (Å²) >= 11 is 0. The number of hydrogen-bond acceptors (Lipinski definition) is 4. The van der Waals surface area contributed by atoms with Crippen LogP contribution in [0.4, 0.5) is 0 Å². The summed E-state index contributed by atoms with van der Waals surface area (Å²) in [4.78, 5) is 16.6. The first-order chi connectivity index (χ1) is 4.72. The molecule has 1 heterocycles. The molecule has 0 spiro atoms. The maximum absolute atomic E-state index is 10.2. The van der Waals surface area contributed by atoms with Crippen molar-refractivity contribution in [3.63, 3.8) is 0 Å². The average Bonchev–Trinajstić information content (AvgIpc) is 1.88. The molecule has 0 aliphatic rings. The molecule has 2 N–H and O–H groups in total. The number of hydrogen-bond donors (Lipinski definition) is 2. The van der Waals surface area contributed by atoms with Crippen LogP contribution in [0.5, 0.6) is 5.88 Å². The van der Waals surface area contributed by atoms with Crippen LogP contribution in [0.3, 0.4) is 0 Å². The minimum absolute atomic E-state index is 0.321. The van der Waals surface area contributed by atoms with Crippen molar-refractivity contribution in [1.82, 2.24) is 9.97 Å². The van der Waals surface area contributed by atoms with Crippen molar-refractivity contribution in [1.29, 1.82) is 0 Å². The smallest absolute Gasteiger partial charge is 0.342 e. The molecular formula is C5H3N2O3. The third kappa shape index (κ3) is 1.02.